The monoisotopic (exact) mass is 403 g/mol. The van der Waals surface area contributed by atoms with Gasteiger partial charge in [-0.05, 0) is 12.1 Å². The van der Waals surface area contributed by atoms with Crippen molar-refractivity contribution in [3.63, 3.8) is 0 Å². The van der Waals surface area contributed by atoms with Crippen molar-refractivity contribution in [1.29, 1.82) is 0 Å². The Balaban J connectivity index is 1.50. The summed E-state index contributed by atoms with van der Waals surface area (Å²) in [6.07, 6.45) is 2.75. The van der Waals surface area contributed by atoms with Crippen molar-refractivity contribution >= 4 is 22.9 Å². The molecule has 7 nitrogen and oxygen atoms in total. The lowest BCUT2D eigenvalue weighted by atomic mass is 10.1. The van der Waals surface area contributed by atoms with Gasteiger partial charge in [0.2, 0.25) is 5.88 Å². The number of anilines is 1. The van der Waals surface area contributed by atoms with Crippen LogP contribution in [0.5, 0.6) is 5.88 Å². The highest BCUT2D eigenvalue weighted by Crippen LogP contribution is 2.29. The second-order valence-corrected chi connectivity index (χ2v) is 7.02. The molecule has 3 aromatic rings. The van der Waals surface area contributed by atoms with E-state index in [1.54, 1.807) is 0 Å². The molecule has 2 aromatic heterocycles. The highest BCUT2D eigenvalue weighted by atomic mass is 32.1. The first-order valence-corrected chi connectivity index (χ1v) is 9.34. The molecular formula is C18H15F2N5O2S. The average molecular weight is 403 g/mol. The van der Waals surface area contributed by atoms with Gasteiger partial charge in [0.25, 0.3) is 5.91 Å². The second kappa shape index (κ2) is 7.95. The van der Waals surface area contributed by atoms with Crippen LogP contribution in [0.3, 0.4) is 0 Å². The molecule has 3 heterocycles. The van der Waals surface area contributed by atoms with Crippen molar-refractivity contribution < 1.29 is 18.3 Å². The molecule has 4 rings (SSSR count). The molecule has 28 heavy (non-hydrogen) atoms. The van der Waals surface area contributed by atoms with E-state index in [0.29, 0.717) is 18.2 Å². The molecule has 0 spiro atoms. The molecule has 0 saturated carbocycles. The first kappa shape index (κ1) is 18.4. The van der Waals surface area contributed by atoms with Crippen LogP contribution < -0.4 is 15.4 Å². The number of rotatable bonds is 6. The summed E-state index contributed by atoms with van der Waals surface area (Å²) < 4.78 is 33.5. The van der Waals surface area contributed by atoms with Gasteiger partial charge in [0.1, 0.15) is 34.4 Å². The van der Waals surface area contributed by atoms with Crippen LogP contribution in [-0.4, -0.2) is 40.6 Å². The summed E-state index contributed by atoms with van der Waals surface area (Å²) in [5.41, 5.74) is 0.0692. The van der Waals surface area contributed by atoms with Gasteiger partial charge in [-0.2, -0.15) is 4.98 Å². The maximum atomic E-state index is 13.9. The van der Waals surface area contributed by atoms with Crippen molar-refractivity contribution in [2.24, 2.45) is 5.92 Å². The molecule has 2 N–H and O–H groups in total. The van der Waals surface area contributed by atoms with E-state index in [1.165, 1.54) is 24.0 Å². The van der Waals surface area contributed by atoms with Crippen LogP contribution in [0.1, 0.15) is 10.5 Å². The van der Waals surface area contributed by atoms with Crippen LogP contribution in [0, 0.1) is 17.6 Å². The molecule has 10 heteroatoms. The molecule has 1 saturated heterocycles. The zero-order valence-corrected chi connectivity index (χ0v) is 15.3. The minimum Gasteiger partial charge on any atom is -0.476 e. The molecule has 1 aliphatic heterocycles. The SMILES string of the molecule is O=C(Nc1cncnc1OCC1CNC1)c1csc(-c2c(F)cccc2F)n1. The van der Waals surface area contributed by atoms with Crippen molar-refractivity contribution in [2.75, 3.05) is 25.0 Å². The highest BCUT2D eigenvalue weighted by Gasteiger charge is 2.21. The predicted octanol–water partition coefficient (Wildman–Crippen LogP) is 2.73. The lowest BCUT2D eigenvalue weighted by Crippen LogP contribution is -2.45. The predicted molar refractivity (Wildman–Crippen MR) is 99.3 cm³/mol. The molecule has 0 atom stereocenters. The van der Waals surface area contributed by atoms with Gasteiger partial charge in [-0.25, -0.2) is 18.7 Å². The van der Waals surface area contributed by atoms with Crippen LogP contribution in [0.4, 0.5) is 14.5 Å². The summed E-state index contributed by atoms with van der Waals surface area (Å²) in [7, 11) is 0. The van der Waals surface area contributed by atoms with Crippen molar-refractivity contribution in [3.8, 4) is 16.5 Å². The Morgan fingerprint density at radius 3 is 2.82 bits per heavy atom. The van der Waals surface area contributed by atoms with Crippen molar-refractivity contribution in [1.82, 2.24) is 20.3 Å². The molecule has 144 valence electrons. The highest BCUT2D eigenvalue weighted by molar-refractivity contribution is 7.13. The van der Waals surface area contributed by atoms with E-state index in [4.69, 9.17) is 4.74 Å². The van der Waals surface area contributed by atoms with Gasteiger partial charge < -0.3 is 15.4 Å². The molecule has 0 aliphatic carbocycles. The van der Waals surface area contributed by atoms with E-state index in [2.05, 4.69) is 25.6 Å². The summed E-state index contributed by atoms with van der Waals surface area (Å²) in [6, 6.07) is 3.55. The Labute approximate surface area is 162 Å². The second-order valence-electron chi connectivity index (χ2n) is 6.17. The number of hydrogen-bond acceptors (Lipinski definition) is 7. The third-order valence-electron chi connectivity index (χ3n) is 4.16. The van der Waals surface area contributed by atoms with E-state index in [1.807, 2.05) is 0 Å². The summed E-state index contributed by atoms with van der Waals surface area (Å²) in [4.78, 5) is 24.5. The number of ether oxygens (including phenoxy) is 1. The Hall–Kier alpha value is -2.98. The lowest BCUT2D eigenvalue weighted by molar-refractivity contribution is 0.102. The van der Waals surface area contributed by atoms with Crippen LogP contribution in [-0.2, 0) is 0 Å². The van der Waals surface area contributed by atoms with E-state index in [-0.39, 0.29) is 22.1 Å². The van der Waals surface area contributed by atoms with Crippen LogP contribution in [0.15, 0.2) is 36.1 Å². The Morgan fingerprint density at radius 1 is 1.32 bits per heavy atom. The number of nitrogens with one attached hydrogen (secondary N) is 2. The standard InChI is InChI=1S/C18H15F2N5O2S/c19-11-2-1-3-12(20)15(11)18-25-14(8-28-18)16(26)24-13-6-22-9-23-17(13)27-7-10-4-21-5-10/h1-3,6,8-10,21H,4-5,7H2,(H,24,26). The van der Waals surface area contributed by atoms with Gasteiger partial charge in [0.15, 0.2) is 0 Å². The topological polar surface area (TPSA) is 89.0 Å². The first-order chi connectivity index (χ1) is 13.6. The molecule has 0 radical (unpaired) electrons. The van der Waals surface area contributed by atoms with Gasteiger partial charge in [-0.1, -0.05) is 6.07 Å². The summed E-state index contributed by atoms with van der Waals surface area (Å²) >= 11 is 0.977. The average Bonchev–Trinajstić information content (AvgIpc) is 3.11. The van der Waals surface area contributed by atoms with Crippen LogP contribution in [0.2, 0.25) is 0 Å². The number of halogens is 2. The fraction of sp³-hybridized carbons (Fsp3) is 0.222. The minimum absolute atomic E-state index is 0.0284. The molecule has 1 fully saturated rings. The number of amides is 1. The first-order valence-electron chi connectivity index (χ1n) is 8.46. The molecule has 0 bridgehead atoms. The number of nitrogens with zero attached hydrogens (tertiary/aromatic N) is 3. The van der Waals surface area contributed by atoms with Gasteiger partial charge in [-0.15, -0.1) is 11.3 Å². The smallest absolute Gasteiger partial charge is 0.275 e. The van der Waals surface area contributed by atoms with Gasteiger partial charge in [0.05, 0.1) is 18.4 Å². The number of carbonyl (C=O) groups is 1. The quantitative estimate of drug-likeness (QED) is 0.658. The van der Waals surface area contributed by atoms with Crippen LogP contribution >= 0.6 is 11.3 Å². The van der Waals surface area contributed by atoms with E-state index < -0.39 is 17.5 Å². The van der Waals surface area contributed by atoms with Gasteiger partial charge >= 0.3 is 0 Å². The number of aromatic nitrogens is 3. The maximum Gasteiger partial charge on any atom is 0.275 e. The molecule has 1 aliphatic rings. The molecular weight excluding hydrogens is 388 g/mol. The minimum atomic E-state index is -0.737. The lowest BCUT2D eigenvalue weighted by Gasteiger charge is -2.26. The third-order valence-corrected chi connectivity index (χ3v) is 5.02. The Kier molecular flexibility index (Phi) is 5.22. The van der Waals surface area contributed by atoms with E-state index >= 15 is 0 Å². The van der Waals surface area contributed by atoms with Crippen LogP contribution in [0.25, 0.3) is 10.6 Å². The fourth-order valence-electron chi connectivity index (χ4n) is 2.56. The maximum absolute atomic E-state index is 13.9. The molecule has 1 amide bonds. The van der Waals surface area contributed by atoms with Gasteiger partial charge in [-0.3, -0.25) is 4.79 Å². The summed E-state index contributed by atoms with van der Waals surface area (Å²) in [5, 5.41) is 7.29. The number of benzene rings is 1. The zero-order chi connectivity index (χ0) is 19.5. The zero-order valence-electron chi connectivity index (χ0n) is 14.5. The molecule has 0 unspecified atom stereocenters. The number of thiazole rings is 1. The van der Waals surface area contributed by atoms with Gasteiger partial charge in [0, 0.05) is 24.4 Å². The Morgan fingerprint density at radius 2 is 2.11 bits per heavy atom. The Bertz CT molecular complexity index is 989. The normalized spacial score (nSPS) is 13.8. The van der Waals surface area contributed by atoms with Crippen molar-refractivity contribution in [2.45, 2.75) is 0 Å². The van der Waals surface area contributed by atoms with E-state index in [0.717, 1.165) is 36.6 Å². The van der Waals surface area contributed by atoms with Crippen molar-refractivity contribution in [3.05, 3.63) is 53.4 Å². The summed E-state index contributed by atoms with van der Waals surface area (Å²) in [6.45, 7) is 2.22. The molecule has 1 aromatic carbocycles. The van der Waals surface area contributed by atoms with E-state index in [9.17, 15) is 13.6 Å². The third kappa shape index (κ3) is 3.82. The number of carbonyl (C=O) groups excluding carboxylic acids is 1. The summed E-state index contributed by atoms with van der Waals surface area (Å²) in [5.74, 6) is -1.37. The number of hydrogen-bond donors (Lipinski definition) is 2. The fourth-order valence-corrected chi connectivity index (χ4v) is 3.41. The largest absolute Gasteiger partial charge is 0.476 e.